The van der Waals surface area contributed by atoms with Gasteiger partial charge in [0.2, 0.25) is 0 Å². The van der Waals surface area contributed by atoms with Gasteiger partial charge in [0.05, 0.1) is 19.3 Å². The monoisotopic (exact) mass is 277 g/mol. The minimum absolute atomic E-state index is 0.182. The fourth-order valence-corrected chi connectivity index (χ4v) is 3.18. The fourth-order valence-electron chi connectivity index (χ4n) is 3.18. The molecule has 0 amide bonds. The number of carbonyl (C=O) groups is 1. The smallest absolute Gasteiger partial charge is 0.325 e. The van der Waals surface area contributed by atoms with E-state index in [-0.39, 0.29) is 12.2 Å². The normalized spacial score (nSPS) is 27.2. The number of morpholine rings is 1. The van der Waals surface area contributed by atoms with Crippen LogP contribution in [0.15, 0.2) is 24.3 Å². The highest BCUT2D eigenvalue weighted by Gasteiger charge is 2.39. The van der Waals surface area contributed by atoms with Gasteiger partial charge in [-0.15, -0.1) is 0 Å². The molecule has 5 nitrogen and oxygen atoms in total. The van der Waals surface area contributed by atoms with Crippen molar-refractivity contribution in [2.75, 3.05) is 20.2 Å². The topological polar surface area (TPSA) is 59.0 Å². The van der Waals surface area contributed by atoms with Gasteiger partial charge in [0.25, 0.3) is 0 Å². The van der Waals surface area contributed by atoms with Crippen molar-refractivity contribution in [3.63, 3.8) is 0 Å². The largest absolute Gasteiger partial charge is 0.497 e. The van der Waals surface area contributed by atoms with E-state index in [9.17, 15) is 9.90 Å². The Morgan fingerprint density at radius 2 is 2.10 bits per heavy atom. The second-order valence-electron chi connectivity index (χ2n) is 5.43. The number of fused-ring (bicyclic) bond motifs is 2. The van der Waals surface area contributed by atoms with Crippen LogP contribution in [-0.4, -0.2) is 48.4 Å². The van der Waals surface area contributed by atoms with E-state index in [1.165, 1.54) is 0 Å². The van der Waals surface area contributed by atoms with E-state index in [0.717, 1.165) is 18.4 Å². The Hall–Kier alpha value is -1.59. The van der Waals surface area contributed by atoms with Crippen LogP contribution in [0.4, 0.5) is 0 Å². The summed E-state index contributed by atoms with van der Waals surface area (Å²) < 4.78 is 11.0. The van der Waals surface area contributed by atoms with Crippen molar-refractivity contribution in [1.29, 1.82) is 0 Å². The van der Waals surface area contributed by atoms with Crippen LogP contribution in [0.5, 0.6) is 5.75 Å². The molecular formula is C15H19NO4. The second-order valence-corrected chi connectivity index (χ2v) is 5.43. The van der Waals surface area contributed by atoms with Crippen LogP contribution in [-0.2, 0) is 9.53 Å². The Balaban J connectivity index is 1.86. The van der Waals surface area contributed by atoms with Gasteiger partial charge in [-0.2, -0.15) is 0 Å². The molecule has 1 aromatic carbocycles. The molecule has 2 aliphatic rings. The SMILES string of the molecule is COc1cccc(C(C(=O)O)N2CC3CCC(C2)O3)c1. The Morgan fingerprint density at radius 3 is 2.70 bits per heavy atom. The van der Waals surface area contributed by atoms with Gasteiger partial charge >= 0.3 is 5.97 Å². The molecule has 1 aromatic rings. The average Bonchev–Trinajstić information content (AvgIpc) is 2.78. The second kappa shape index (κ2) is 5.42. The highest BCUT2D eigenvalue weighted by molar-refractivity contribution is 5.75. The molecule has 3 unspecified atom stereocenters. The molecule has 20 heavy (non-hydrogen) atoms. The van der Waals surface area contributed by atoms with Gasteiger partial charge in [-0.05, 0) is 30.5 Å². The van der Waals surface area contributed by atoms with E-state index in [1.54, 1.807) is 13.2 Å². The van der Waals surface area contributed by atoms with E-state index in [0.29, 0.717) is 18.8 Å². The first-order valence-electron chi connectivity index (χ1n) is 6.93. The summed E-state index contributed by atoms with van der Waals surface area (Å²) in [6, 6.07) is 6.68. The molecule has 0 saturated carbocycles. The van der Waals surface area contributed by atoms with Crippen molar-refractivity contribution in [1.82, 2.24) is 4.90 Å². The lowest BCUT2D eigenvalue weighted by Gasteiger charge is -2.36. The third-order valence-corrected chi connectivity index (χ3v) is 4.08. The number of likely N-dealkylation sites (tertiary alicyclic amines) is 1. The summed E-state index contributed by atoms with van der Waals surface area (Å²) >= 11 is 0. The lowest BCUT2D eigenvalue weighted by Crippen LogP contribution is -2.46. The van der Waals surface area contributed by atoms with Crippen LogP contribution in [0.3, 0.4) is 0 Å². The van der Waals surface area contributed by atoms with E-state index < -0.39 is 12.0 Å². The van der Waals surface area contributed by atoms with Crippen LogP contribution in [0.1, 0.15) is 24.4 Å². The predicted molar refractivity (Wildman–Crippen MR) is 72.8 cm³/mol. The lowest BCUT2D eigenvalue weighted by atomic mass is 10.0. The third-order valence-electron chi connectivity index (χ3n) is 4.08. The van der Waals surface area contributed by atoms with Gasteiger partial charge in [0, 0.05) is 13.1 Å². The van der Waals surface area contributed by atoms with Gasteiger partial charge in [0.15, 0.2) is 0 Å². The Bertz CT molecular complexity index is 492. The summed E-state index contributed by atoms with van der Waals surface area (Å²) in [6.45, 7) is 1.37. The number of methoxy groups -OCH3 is 1. The molecule has 2 saturated heterocycles. The van der Waals surface area contributed by atoms with Gasteiger partial charge in [0.1, 0.15) is 11.8 Å². The van der Waals surface area contributed by atoms with Crippen LogP contribution in [0, 0.1) is 0 Å². The predicted octanol–water partition coefficient (Wildman–Crippen LogP) is 1.68. The maximum atomic E-state index is 11.7. The van der Waals surface area contributed by atoms with Crippen molar-refractivity contribution in [3.05, 3.63) is 29.8 Å². The van der Waals surface area contributed by atoms with Crippen molar-refractivity contribution in [3.8, 4) is 5.75 Å². The van der Waals surface area contributed by atoms with E-state index >= 15 is 0 Å². The van der Waals surface area contributed by atoms with Crippen LogP contribution >= 0.6 is 0 Å². The molecule has 5 heteroatoms. The number of ether oxygens (including phenoxy) is 2. The number of hydrogen-bond donors (Lipinski definition) is 1. The molecule has 0 spiro atoms. The quantitative estimate of drug-likeness (QED) is 0.907. The van der Waals surface area contributed by atoms with Crippen molar-refractivity contribution in [2.24, 2.45) is 0 Å². The molecule has 2 fully saturated rings. The molecule has 3 rings (SSSR count). The van der Waals surface area contributed by atoms with Crippen molar-refractivity contribution < 1.29 is 19.4 Å². The summed E-state index contributed by atoms with van der Waals surface area (Å²) in [5.74, 6) is -0.135. The minimum Gasteiger partial charge on any atom is -0.497 e. The minimum atomic E-state index is -0.820. The first kappa shape index (κ1) is 13.4. The standard InChI is InChI=1S/C15H19NO4/c1-19-11-4-2-3-10(7-11)14(15(17)18)16-8-12-5-6-13(9-16)20-12/h2-4,7,12-14H,5-6,8-9H2,1H3,(H,17,18). The highest BCUT2D eigenvalue weighted by atomic mass is 16.5. The number of carboxylic acids is 1. The van der Waals surface area contributed by atoms with Crippen LogP contribution < -0.4 is 4.74 Å². The van der Waals surface area contributed by atoms with Gasteiger partial charge in [-0.3, -0.25) is 9.69 Å². The van der Waals surface area contributed by atoms with Gasteiger partial charge < -0.3 is 14.6 Å². The molecule has 2 aliphatic heterocycles. The zero-order valence-electron chi connectivity index (χ0n) is 11.5. The van der Waals surface area contributed by atoms with Gasteiger partial charge in [-0.25, -0.2) is 0 Å². The van der Waals surface area contributed by atoms with Crippen molar-refractivity contribution in [2.45, 2.75) is 31.1 Å². The lowest BCUT2D eigenvalue weighted by molar-refractivity contribution is -0.147. The zero-order chi connectivity index (χ0) is 14.1. The first-order chi connectivity index (χ1) is 9.67. The first-order valence-corrected chi connectivity index (χ1v) is 6.93. The molecule has 2 heterocycles. The Labute approximate surface area is 118 Å². The van der Waals surface area contributed by atoms with E-state index in [4.69, 9.17) is 9.47 Å². The summed E-state index contributed by atoms with van der Waals surface area (Å²) in [4.78, 5) is 13.7. The number of nitrogens with zero attached hydrogens (tertiary/aromatic N) is 1. The molecule has 108 valence electrons. The molecule has 0 radical (unpaired) electrons. The number of aliphatic carboxylic acids is 1. The number of benzene rings is 1. The van der Waals surface area contributed by atoms with Gasteiger partial charge in [-0.1, -0.05) is 12.1 Å². The molecule has 0 aliphatic carbocycles. The maximum absolute atomic E-state index is 11.7. The summed E-state index contributed by atoms with van der Waals surface area (Å²) in [5.41, 5.74) is 0.762. The van der Waals surface area contributed by atoms with Crippen LogP contribution in [0.25, 0.3) is 0 Å². The highest BCUT2D eigenvalue weighted by Crippen LogP contribution is 2.32. The molecule has 2 bridgehead atoms. The number of rotatable bonds is 4. The molecule has 0 aromatic heterocycles. The third kappa shape index (κ3) is 2.51. The average molecular weight is 277 g/mol. The summed E-state index contributed by atoms with van der Waals surface area (Å²) in [7, 11) is 1.59. The fraction of sp³-hybridized carbons (Fsp3) is 0.533. The molecule has 3 atom stereocenters. The maximum Gasteiger partial charge on any atom is 0.325 e. The zero-order valence-corrected chi connectivity index (χ0v) is 11.5. The Morgan fingerprint density at radius 1 is 1.40 bits per heavy atom. The number of carboxylic acid groups (broad SMARTS) is 1. The summed E-state index contributed by atoms with van der Waals surface area (Å²) in [6.07, 6.45) is 2.43. The Kier molecular flexibility index (Phi) is 3.63. The van der Waals surface area contributed by atoms with E-state index in [1.807, 2.05) is 23.1 Å². The summed E-state index contributed by atoms with van der Waals surface area (Å²) in [5, 5.41) is 9.61. The number of hydrogen-bond acceptors (Lipinski definition) is 4. The van der Waals surface area contributed by atoms with Crippen LogP contribution in [0.2, 0.25) is 0 Å². The molecular weight excluding hydrogens is 258 g/mol. The van der Waals surface area contributed by atoms with Crippen molar-refractivity contribution >= 4 is 5.97 Å². The molecule has 1 N–H and O–H groups in total. The van der Waals surface area contributed by atoms with E-state index in [2.05, 4.69) is 0 Å².